The van der Waals surface area contributed by atoms with E-state index in [0.29, 0.717) is 0 Å². The second-order valence-electron chi connectivity index (χ2n) is 4.24. The Morgan fingerprint density at radius 2 is 1.26 bits per heavy atom. The van der Waals surface area contributed by atoms with Gasteiger partial charge in [-0.3, -0.25) is 0 Å². The minimum atomic E-state index is -3.96. The molecule has 0 fully saturated rings. The first-order valence-electron chi connectivity index (χ1n) is 6.24. The highest BCUT2D eigenvalue weighted by molar-refractivity contribution is 7.91. The van der Waals surface area contributed by atoms with Gasteiger partial charge in [0.15, 0.2) is 0 Å². The second-order valence-corrected chi connectivity index (χ2v) is 6.19. The molecule has 23 heavy (non-hydrogen) atoms. The number of esters is 2. The van der Waals surface area contributed by atoms with Gasteiger partial charge in [0.2, 0.25) is 9.84 Å². The molecule has 120 valence electrons. The van der Waals surface area contributed by atoms with Crippen molar-refractivity contribution in [1.29, 1.82) is 0 Å². The molecule has 8 nitrogen and oxygen atoms in total. The van der Waals surface area contributed by atoms with E-state index in [4.69, 9.17) is 0 Å². The molecular weight excluding hydrogens is 324 g/mol. The summed E-state index contributed by atoms with van der Waals surface area (Å²) in [6.07, 6.45) is 2.36. The van der Waals surface area contributed by atoms with E-state index in [1.165, 1.54) is 24.5 Å². The van der Waals surface area contributed by atoms with Crippen LogP contribution in [0, 0.1) is 0 Å². The Balaban J connectivity index is 2.51. The van der Waals surface area contributed by atoms with Crippen LogP contribution in [-0.2, 0) is 19.3 Å². The van der Waals surface area contributed by atoms with E-state index in [1.54, 1.807) is 0 Å². The van der Waals surface area contributed by atoms with Crippen molar-refractivity contribution in [2.45, 2.75) is 9.79 Å². The number of hydrogen-bond acceptors (Lipinski definition) is 8. The Bertz CT molecular complexity index is 798. The molecule has 0 amide bonds. The summed E-state index contributed by atoms with van der Waals surface area (Å²) in [6.45, 7) is 0. The van der Waals surface area contributed by atoms with Crippen molar-refractivity contribution in [1.82, 2.24) is 9.97 Å². The third kappa shape index (κ3) is 3.34. The molecule has 0 unspecified atom stereocenters. The number of hydrogen-bond donors (Lipinski definition) is 0. The van der Waals surface area contributed by atoms with Gasteiger partial charge in [-0.15, -0.1) is 0 Å². The van der Waals surface area contributed by atoms with Gasteiger partial charge in [-0.2, -0.15) is 0 Å². The normalized spacial score (nSPS) is 10.9. The average Bonchev–Trinajstić information content (AvgIpc) is 2.60. The van der Waals surface area contributed by atoms with E-state index in [9.17, 15) is 18.0 Å². The zero-order valence-electron chi connectivity index (χ0n) is 12.2. The van der Waals surface area contributed by atoms with E-state index in [2.05, 4.69) is 19.4 Å². The molecular formula is C14H12N2O6S. The molecule has 0 saturated heterocycles. The first kappa shape index (κ1) is 16.6. The molecule has 0 aliphatic rings. The van der Waals surface area contributed by atoms with Crippen molar-refractivity contribution in [3.8, 4) is 0 Å². The van der Waals surface area contributed by atoms with Crippen molar-refractivity contribution < 1.29 is 27.5 Å². The standard InChI is InChI=1S/C14H12N2O6S/c1-21-13(17)11-7-9(3-5-15-11)23(19,20)10-4-6-16-12(8-10)14(18)22-2/h3-8H,1-2H3. The van der Waals surface area contributed by atoms with Crippen LogP contribution in [0.2, 0.25) is 0 Å². The molecule has 9 heteroatoms. The fourth-order valence-corrected chi connectivity index (χ4v) is 3.01. The lowest BCUT2D eigenvalue weighted by molar-refractivity contribution is 0.0585. The van der Waals surface area contributed by atoms with Crippen LogP contribution in [0.1, 0.15) is 21.0 Å². The van der Waals surface area contributed by atoms with Crippen molar-refractivity contribution in [3.63, 3.8) is 0 Å². The number of methoxy groups -OCH3 is 2. The first-order valence-corrected chi connectivity index (χ1v) is 7.72. The maximum absolute atomic E-state index is 12.6. The lowest BCUT2D eigenvalue weighted by Crippen LogP contribution is -2.10. The zero-order valence-corrected chi connectivity index (χ0v) is 13.0. The maximum atomic E-state index is 12.6. The number of nitrogens with zero attached hydrogens (tertiary/aromatic N) is 2. The fourth-order valence-electron chi connectivity index (χ4n) is 1.73. The summed E-state index contributed by atoms with van der Waals surface area (Å²) in [5, 5.41) is 0. The van der Waals surface area contributed by atoms with Gasteiger partial charge in [-0.25, -0.2) is 28.0 Å². The molecule has 2 rings (SSSR count). The third-order valence-corrected chi connectivity index (χ3v) is 4.62. The summed E-state index contributed by atoms with van der Waals surface area (Å²) in [6, 6.07) is 4.67. The molecule has 0 atom stereocenters. The van der Waals surface area contributed by atoms with Gasteiger partial charge >= 0.3 is 11.9 Å². The van der Waals surface area contributed by atoms with Crippen LogP contribution in [0.3, 0.4) is 0 Å². The number of ether oxygens (including phenoxy) is 2. The Labute approximate surface area is 132 Å². The van der Waals surface area contributed by atoms with Crippen molar-refractivity contribution in [2.24, 2.45) is 0 Å². The summed E-state index contributed by atoms with van der Waals surface area (Å²) in [5.41, 5.74) is -0.286. The molecule has 0 spiro atoms. The topological polar surface area (TPSA) is 113 Å². The predicted octanol–water partition coefficient (Wildman–Crippen LogP) is 0.883. The molecule has 2 aromatic rings. The van der Waals surface area contributed by atoms with E-state index in [-0.39, 0.29) is 21.2 Å². The summed E-state index contributed by atoms with van der Waals surface area (Å²) in [5.74, 6) is -1.51. The lowest BCUT2D eigenvalue weighted by Gasteiger charge is -2.07. The highest BCUT2D eigenvalue weighted by atomic mass is 32.2. The quantitative estimate of drug-likeness (QED) is 0.756. The maximum Gasteiger partial charge on any atom is 0.356 e. The predicted molar refractivity (Wildman–Crippen MR) is 76.6 cm³/mol. The van der Waals surface area contributed by atoms with Gasteiger partial charge in [0.1, 0.15) is 11.4 Å². The Morgan fingerprint density at radius 3 is 1.61 bits per heavy atom. The number of sulfone groups is 1. The van der Waals surface area contributed by atoms with Crippen molar-refractivity contribution in [2.75, 3.05) is 14.2 Å². The summed E-state index contributed by atoms with van der Waals surface area (Å²) in [4.78, 5) is 30.1. The Kier molecular flexibility index (Phi) is 4.70. The Morgan fingerprint density at radius 1 is 0.870 bits per heavy atom. The van der Waals surface area contributed by atoms with Gasteiger partial charge in [-0.05, 0) is 24.3 Å². The molecule has 2 aromatic heterocycles. The van der Waals surface area contributed by atoms with Crippen LogP contribution in [0.25, 0.3) is 0 Å². The van der Waals surface area contributed by atoms with Gasteiger partial charge < -0.3 is 9.47 Å². The molecule has 0 aliphatic heterocycles. The van der Waals surface area contributed by atoms with Gasteiger partial charge in [-0.1, -0.05) is 0 Å². The molecule has 2 heterocycles. The number of pyridine rings is 2. The molecule has 0 N–H and O–H groups in total. The van der Waals surface area contributed by atoms with E-state index in [1.807, 2.05) is 0 Å². The van der Waals surface area contributed by atoms with Crippen molar-refractivity contribution >= 4 is 21.8 Å². The minimum absolute atomic E-state index is 0.143. The molecule has 0 aromatic carbocycles. The SMILES string of the molecule is COC(=O)c1cc(S(=O)(=O)c2ccnc(C(=O)OC)c2)ccn1. The summed E-state index contributed by atoms with van der Waals surface area (Å²) < 4.78 is 34.2. The van der Waals surface area contributed by atoms with Crippen LogP contribution < -0.4 is 0 Å². The molecule has 0 bridgehead atoms. The fraction of sp³-hybridized carbons (Fsp3) is 0.143. The highest BCUT2D eigenvalue weighted by Crippen LogP contribution is 2.21. The Hall–Kier alpha value is -2.81. The van der Waals surface area contributed by atoms with Crippen LogP contribution in [-0.4, -0.2) is 44.5 Å². The van der Waals surface area contributed by atoms with Gasteiger partial charge in [0, 0.05) is 12.4 Å². The summed E-state index contributed by atoms with van der Waals surface area (Å²) in [7, 11) is -1.64. The van der Waals surface area contributed by atoms with Gasteiger partial charge in [0.05, 0.1) is 24.0 Å². The largest absolute Gasteiger partial charge is 0.464 e. The minimum Gasteiger partial charge on any atom is -0.464 e. The number of carbonyl (C=O) groups is 2. The monoisotopic (exact) mass is 336 g/mol. The van der Waals surface area contributed by atoms with E-state index in [0.717, 1.165) is 26.4 Å². The summed E-state index contributed by atoms with van der Waals surface area (Å²) >= 11 is 0. The van der Waals surface area contributed by atoms with Crippen LogP contribution in [0.15, 0.2) is 46.5 Å². The second kappa shape index (κ2) is 6.53. The lowest BCUT2D eigenvalue weighted by atomic mass is 10.3. The first-order chi connectivity index (χ1) is 10.9. The highest BCUT2D eigenvalue weighted by Gasteiger charge is 2.22. The van der Waals surface area contributed by atoms with E-state index < -0.39 is 21.8 Å². The average molecular weight is 336 g/mol. The number of rotatable bonds is 4. The van der Waals surface area contributed by atoms with Crippen LogP contribution in [0.5, 0.6) is 0 Å². The third-order valence-electron chi connectivity index (χ3n) is 2.87. The zero-order chi connectivity index (χ0) is 17.0. The molecule has 0 aliphatic carbocycles. The number of aromatic nitrogens is 2. The molecule has 0 saturated carbocycles. The van der Waals surface area contributed by atoms with Crippen molar-refractivity contribution in [3.05, 3.63) is 48.0 Å². The van der Waals surface area contributed by atoms with E-state index >= 15 is 0 Å². The molecule has 0 radical (unpaired) electrons. The number of carbonyl (C=O) groups excluding carboxylic acids is 2. The van der Waals surface area contributed by atoms with Gasteiger partial charge in [0.25, 0.3) is 0 Å². The van der Waals surface area contributed by atoms with Crippen LogP contribution in [0.4, 0.5) is 0 Å². The smallest absolute Gasteiger partial charge is 0.356 e. The van der Waals surface area contributed by atoms with Crippen LogP contribution >= 0.6 is 0 Å².